The van der Waals surface area contributed by atoms with Gasteiger partial charge in [0.15, 0.2) is 0 Å². The number of para-hydroxylation sites is 1. The molecule has 2 atom stereocenters. The van der Waals surface area contributed by atoms with E-state index >= 15 is 0 Å². The van der Waals surface area contributed by atoms with Gasteiger partial charge in [0, 0.05) is 36.7 Å². The molecular formula is C20H24N6O2. The maximum Gasteiger partial charge on any atom is 0.319 e. The highest BCUT2D eigenvalue weighted by atomic mass is 16.2. The summed E-state index contributed by atoms with van der Waals surface area (Å²) in [7, 11) is 0. The second kappa shape index (κ2) is 6.61. The van der Waals surface area contributed by atoms with Crippen LogP contribution in [-0.2, 0) is 11.3 Å². The standard InChI is InChI=1S/C20H24N6O2/c27-18(14-6-7-14)25-10-8-20(12-25)9-11-26-17(21-13-22-26)16(20)24-19(28)23-15-4-2-1-3-5-15/h1-5,13-14,16H,6-12H2,(H2,23,24,28)/t16-,20-/m1/s1. The van der Waals surface area contributed by atoms with E-state index < -0.39 is 0 Å². The molecule has 2 N–H and O–H groups in total. The molecule has 3 heterocycles. The van der Waals surface area contributed by atoms with E-state index in [0.29, 0.717) is 6.54 Å². The van der Waals surface area contributed by atoms with Crippen molar-refractivity contribution in [3.05, 3.63) is 42.5 Å². The summed E-state index contributed by atoms with van der Waals surface area (Å²) in [6.07, 6.45) is 5.30. The number of hydrogen-bond donors (Lipinski definition) is 2. The third-order valence-electron chi connectivity index (χ3n) is 6.27. The smallest absolute Gasteiger partial charge is 0.319 e. The summed E-state index contributed by atoms with van der Waals surface area (Å²) in [4.78, 5) is 31.8. The molecule has 28 heavy (non-hydrogen) atoms. The number of aromatic nitrogens is 3. The first-order valence-electron chi connectivity index (χ1n) is 9.94. The molecule has 3 aliphatic rings. The van der Waals surface area contributed by atoms with E-state index in [0.717, 1.165) is 50.3 Å². The number of benzene rings is 1. The van der Waals surface area contributed by atoms with E-state index in [4.69, 9.17) is 0 Å². The van der Waals surface area contributed by atoms with Crippen molar-refractivity contribution in [1.29, 1.82) is 0 Å². The number of likely N-dealkylation sites (tertiary alicyclic amines) is 1. The number of aryl methyl sites for hydroxylation is 1. The molecule has 2 fully saturated rings. The van der Waals surface area contributed by atoms with Gasteiger partial charge in [-0.2, -0.15) is 5.10 Å². The average Bonchev–Trinajstić information content (AvgIpc) is 3.29. The first-order chi connectivity index (χ1) is 13.6. The zero-order chi connectivity index (χ0) is 19.1. The Kier molecular flexibility index (Phi) is 4.07. The number of fused-ring (bicyclic) bond motifs is 1. The predicted octanol–water partition coefficient (Wildman–Crippen LogP) is 2.17. The van der Waals surface area contributed by atoms with Gasteiger partial charge in [-0.05, 0) is 37.8 Å². The van der Waals surface area contributed by atoms with Crippen LogP contribution in [0.4, 0.5) is 10.5 Å². The molecule has 8 heteroatoms. The highest BCUT2D eigenvalue weighted by Crippen LogP contribution is 2.48. The van der Waals surface area contributed by atoms with E-state index in [9.17, 15) is 9.59 Å². The number of hydrogen-bond acceptors (Lipinski definition) is 4. The van der Waals surface area contributed by atoms with Gasteiger partial charge in [0.2, 0.25) is 5.91 Å². The van der Waals surface area contributed by atoms with Gasteiger partial charge >= 0.3 is 6.03 Å². The second-order valence-electron chi connectivity index (χ2n) is 8.14. The van der Waals surface area contributed by atoms with E-state index in [2.05, 4.69) is 20.7 Å². The summed E-state index contributed by atoms with van der Waals surface area (Å²) in [5, 5.41) is 10.3. The fourth-order valence-corrected chi connectivity index (χ4v) is 4.57. The third kappa shape index (κ3) is 3.02. The Bertz CT molecular complexity index is 893. The number of carbonyl (C=O) groups excluding carboxylic acids is 2. The fraction of sp³-hybridized carbons (Fsp3) is 0.500. The Labute approximate surface area is 163 Å². The van der Waals surface area contributed by atoms with Gasteiger partial charge in [-0.15, -0.1) is 0 Å². The summed E-state index contributed by atoms with van der Waals surface area (Å²) < 4.78 is 1.87. The average molecular weight is 380 g/mol. The van der Waals surface area contributed by atoms with Crippen LogP contribution in [0.15, 0.2) is 36.7 Å². The lowest BCUT2D eigenvalue weighted by Crippen LogP contribution is -2.49. The number of nitrogens with one attached hydrogen (secondary N) is 2. The maximum absolute atomic E-state index is 12.7. The van der Waals surface area contributed by atoms with Gasteiger partial charge in [0.1, 0.15) is 12.2 Å². The first kappa shape index (κ1) is 17.2. The third-order valence-corrected chi connectivity index (χ3v) is 6.27. The largest absolute Gasteiger partial charge is 0.342 e. The van der Waals surface area contributed by atoms with Crippen molar-refractivity contribution in [2.24, 2.45) is 11.3 Å². The van der Waals surface area contributed by atoms with Crippen LogP contribution in [0.3, 0.4) is 0 Å². The van der Waals surface area contributed by atoms with Gasteiger partial charge in [-0.3, -0.25) is 4.79 Å². The molecule has 0 bridgehead atoms. The Morgan fingerprint density at radius 3 is 2.68 bits per heavy atom. The molecule has 0 radical (unpaired) electrons. The lowest BCUT2D eigenvalue weighted by atomic mass is 9.74. The molecule has 1 aromatic heterocycles. The molecule has 146 valence electrons. The Morgan fingerprint density at radius 1 is 1.11 bits per heavy atom. The number of anilines is 1. The highest BCUT2D eigenvalue weighted by molar-refractivity contribution is 5.89. The van der Waals surface area contributed by atoms with Crippen LogP contribution in [0.25, 0.3) is 0 Å². The van der Waals surface area contributed by atoms with Gasteiger partial charge in [0.25, 0.3) is 0 Å². The molecule has 2 aliphatic heterocycles. The minimum atomic E-state index is -0.274. The maximum atomic E-state index is 12.7. The van der Waals surface area contributed by atoms with Gasteiger partial charge < -0.3 is 15.5 Å². The van der Waals surface area contributed by atoms with Gasteiger partial charge in [0.05, 0.1) is 6.04 Å². The van der Waals surface area contributed by atoms with Crippen molar-refractivity contribution >= 4 is 17.6 Å². The lowest BCUT2D eigenvalue weighted by Gasteiger charge is -2.40. The van der Waals surface area contributed by atoms with Crippen LogP contribution in [0.5, 0.6) is 0 Å². The predicted molar refractivity (Wildman–Crippen MR) is 102 cm³/mol. The first-order valence-corrected chi connectivity index (χ1v) is 9.94. The van der Waals surface area contributed by atoms with Gasteiger partial charge in [-0.25, -0.2) is 14.5 Å². The quantitative estimate of drug-likeness (QED) is 0.854. The van der Waals surface area contributed by atoms with Crippen molar-refractivity contribution in [3.8, 4) is 0 Å². The molecule has 5 rings (SSSR count). The van der Waals surface area contributed by atoms with Crippen molar-refractivity contribution in [3.63, 3.8) is 0 Å². The number of rotatable bonds is 3. The summed E-state index contributed by atoms with van der Waals surface area (Å²) in [6.45, 7) is 2.19. The van der Waals surface area contributed by atoms with E-state index in [-0.39, 0.29) is 29.3 Å². The molecule has 8 nitrogen and oxygen atoms in total. The molecule has 0 unspecified atom stereocenters. The molecular weight excluding hydrogens is 356 g/mol. The minimum absolute atomic E-state index is 0.193. The zero-order valence-corrected chi connectivity index (χ0v) is 15.7. The van der Waals surface area contributed by atoms with Crippen LogP contribution in [0, 0.1) is 11.3 Å². The number of nitrogens with zero attached hydrogens (tertiary/aromatic N) is 4. The van der Waals surface area contributed by atoms with Crippen molar-refractivity contribution in [2.75, 3.05) is 18.4 Å². The summed E-state index contributed by atoms with van der Waals surface area (Å²) in [6, 6.07) is 8.84. The van der Waals surface area contributed by atoms with Crippen molar-refractivity contribution in [2.45, 2.75) is 38.3 Å². The van der Waals surface area contributed by atoms with Gasteiger partial charge in [-0.1, -0.05) is 18.2 Å². The zero-order valence-electron chi connectivity index (χ0n) is 15.7. The lowest BCUT2D eigenvalue weighted by molar-refractivity contribution is -0.132. The number of amides is 3. The minimum Gasteiger partial charge on any atom is -0.342 e. The van der Waals surface area contributed by atoms with E-state index in [1.54, 1.807) is 6.33 Å². The number of urea groups is 1. The van der Waals surface area contributed by atoms with Crippen molar-refractivity contribution < 1.29 is 9.59 Å². The molecule has 1 aliphatic carbocycles. The van der Waals surface area contributed by atoms with E-state index in [1.165, 1.54) is 0 Å². The fourth-order valence-electron chi connectivity index (χ4n) is 4.57. The van der Waals surface area contributed by atoms with Crippen LogP contribution in [-0.4, -0.2) is 44.7 Å². The second-order valence-corrected chi connectivity index (χ2v) is 8.14. The van der Waals surface area contributed by atoms with Crippen LogP contribution < -0.4 is 10.6 Å². The van der Waals surface area contributed by atoms with Crippen LogP contribution in [0.2, 0.25) is 0 Å². The van der Waals surface area contributed by atoms with Crippen LogP contribution in [0.1, 0.15) is 37.5 Å². The monoisotopic (exact) mass is 380 g/mol. The summed E-state index contributed by atoms with van der Waals surface area (Å²) >= 11 is 0. The Hall–Kier alpha value is -2.90. The summed E-state index contributed by atoms with van der Waals surface area (Å²) in [5.74, 6) is 1.27. The van der Waals surface area contributed by atoms with Crippen molar-refractivity contribution in [1.82, 2.24) is 25.0 Å². The SMILES string of the molecule is O=C(Nc1ccccc1)N[C@@H]1c2ncnn2CC[C@@]12CCN(C(=O)C1CC1)C2. The molecule has 3 amide bonds. The highest BCUT2D eigenvalue weighted by Gasteiger charge is 2.51. The molecule has 1 saturated heterocycles. The molecule has 1 saturated carbocycles. The Balaban J connectivity index is 1.38. The van der Waals surface area contributed by atoms with Crippen LogP contribution >= 0.6 is 0 Å². The van der Waals surface area contributed by atoms with E-state index in [1.807, 2.05) is 39.9 Å². The molecule has 2 aromatic rings. The molecule has 1 spiro atoms. The molecule has 1 aromatic carbocycles. The normalized spacial score (nSPS) is 26.1. The topological polar surface area (TPSA) is 92.2 Å². The summed E-state index contributed by atoms with van der Waals surface area (Å²) in [5.41, 5.74) is 0.546. The number of carbonyl (C=O) groups is 2. The Morgan fingerprint density at radius 2 is 1.89 bits per heavy atom.